The number of hydrogen-bond donors (Lipinski definition) is 0. The summed E-state index contributed by atoms with van der Waals surface area (Å²) in [5, 5.41) is 0. The monoisotopic (exact) mass is 387 g/mol. The lowest BCUT2D eigenvalue weighted by atomic mass is 9.81. The van der Waals surface area contributed by atoms with E-state index in [0.29, 0.717) is 29.9 Å². The summed E-state index contributed by atoms with van der Waals surface area (Å²) in [7, 11) is 0. The van der Waals surface area contributed by atoms with Gasteiger partial charge in [-0.1, -0.05) is 12.8 Å². The number of amides is 2. The Bertz CT molecular complexity index is 825. The first-order valence-corrected chi connectivity index (χ1v) is 9.44. The van der Waals surface area contributed by atoms with Crippen molar-refractivity contribution in [2.24, 2.45) is 11.8 Å². The molecular formula is C20H21NO7. The zero-order valence-electron chi connectivity index (χ0n) is 15.5. The Morgan fingerprint density at radius 3 is 2.43 bits per heavy atom. The zero-order valence-corrected chi connectivity index (χ0v) is 15.5. The summed E-state index contributed by atoms with van der Waals surface area (Å²) in [5.41, 5.74) is 0.323. The van der Waals surface area contributed by atoms with Crippen molar-refractivity contribution >= 4 is 23.6 Å². The molecule has 8 nitrogen and oxygen atoms in total. The molecule has 3 aliphatic rings. The number of imide groups is 1. The number of carbonyl (C=O) groups excluding carboxylic acids is 4. The number of carbonyl (C=O) groups is 4. The Labute approximate surface area is 161 Å². The quantitative estimate of drug-likeness (QED) is 0.431. The van der Waals surface area contributed by atoms with Gasteiger partial charge in [0.2, 0.25) is 18.6 Å². The van der Waals surface area contributed by atoms with Gasteiger partial charge in [-0.05, 0) is 38.0 Å². The molecule has 0 bridgehead atoms. The number of rotatable bonds is 5. The van der Waals surface area contributed by atoms with E-state index in [2.05, 4.69) is 0 Å². The molecular weight excluding hydrogens is 366 g/mol. The number of fused-ring (bicyclic) bond motifs is 2. The van der Waals surface area contributed by atoms with E-state index in [1.807, 2.05) is 0 Å². The van der Waals surface area contributed by atoms with E-state index in [0.717, 1.165) is 17.7 Å². The molecule has 8 heteroatoms. The van der Waals surface area contributed by atoms with Crippen LogP contribution < -0.4 is 9.47 Å². The third kappa shape index (κ3) is 3.12. The molecule has 3 unspecified atom stereocenters. The van der Waals surface area contributed by atoms with E-state index < -0.39 is 24.4 Å². The van der Waals surface area contributed by atoms with Crippen LogP contribution >= 0.6 is 0 Å². The predicted octanol–water partition coefficient (Wildman–Crippen LogP) is 1.70. The number of likely N-dealkylation sites (tertiary alicyclic amines) is 1. The van der Waals surface area contributed by atoms with Crippen LogP contribution in [0.5, 0.6) is 11.5 Å². The molecule has 0 radical (unpaired) electrons. The van der Waals surface area contributed by atoms with Crippen molar-refractivity contribution < 1.29 is 33.4 Å². The minimum atomic E-state index is -1.05. The second-order valence-corrected chi connectivity index (χ2v) is 7.32. The molecule has 1 aromatic carbocycles. The highest BCUT2D eigenvalue weighted by Crippen LogP contribution is 2.39. The van der Waals surface area contributed by atoms with E-state index in [4.69, 9.17) is 14.2 Å². The molecule has 1 aliphatic carbocycles. The molecule has 3 atom stereocenters. The molecule has 1 saturated carbocycles. The number of hydrogen-bond acceptors (Lipinski definition) is 7. The molecule has 148 valence electrons. The first-order valence-electron chi connectivity index (χ1n) is 9.44. The number of ether oxygens (including phenoxy) is 3. The number of nitrogens with zero attached hydrogens (tertiary/aromatic N) is 1. The van der Waals surface area contributed by atoms with Gasteiger partial charge in [0.1, 0.15) is 6.04 Å². The fourth-order valence-corrected chi connectivity index (χ4v) is 4.09. The Morgan fingerprint density at radius 1 is 1.11 bits per heavy atom. The van der Waals surface area contributed by atoms with Gasteiger partial charge in [0.15, 0.2) is 23.9 Å². The summed E-state index contributed by atoms with van der Waals surface area (Å²) >= 11 is 0. The van der Waals surface area contributed by atoms with Crippen LogP contribution in [0.4, 0.5) is 0 Å². The van der Waals surface area contributed by atoms with Crippen molar-refractivity contribution in [3.63, 3.8) is 0 Å². The minimum absolute atomic E-state index is 0.0966. The molecule has 0 N–H and O–H groups in total. The van der Waals surface area contributed by atoms with E-state index in [9.17, 15) is 19.2 Å². The van der Waals surface area contributed by atoms with Crippen LogP contribution in [0.3, 0.4) is 0 Å². The maximum absolute atomic E-state index is 12.6. The predicted molar refractivity (Wildman–Crippen MR) is 94.6 cm³/mol. The lowest BCUT2D eigenvalue weighted by Crippen LogP contribution is -2.44. The van der Waals surface area contributed by atoms with Crippen molar-refractivity contribution in [3.8, 4) is 11.5 Å². The van der Waals surface area contributed by atoms with Gasteiger partial charge in [0, 0.05) is 5.56 Å². The van der Waals surface area contributed by atoms with E-state index in [-0.39, 0.29) is 30.4 Å². The van der Waals surface area contributed by atoms with Crippen molar-refractivity contribution in [3.05, 3.63) is 23.8 Å². The lowest BCUT2D eigenvalue weighted by Gasteiger charge is -2.21. The van der Waals surface area contributed by atoms with Crippen LogP contribution in [0.15, 0.2) is 18.2 Å². The standard InChI is InChI=1S/C20H21NO7/c1-11(21-18(23)13-4-2-3-5-14(13)19(21)24)20(25)26-9-15(22)12-6-7-16-17(8-12)28-10-27-16/h6-8,11,13-14H,2-5,9-10H2,1H3. The summed E-state index contributed by atoms with van der Waals surface area (Å²) in [4.78, 5) is 50.8. The largest absolute Gasteiger partial charge is 0.456 e. The van der Waals surface area contributed by atoms with Gasteiger partial charge in [0.25, 0.3) is 0 Å². The number of esters is 1. The summed E-state index contributed by atoms with van der Waals surface area (Å²) in [6.07, 6.45) is 3.18. The summed E-state index contributed by atoms with van der Waals surface area (Å²) in [6, 6.07) is 3.66. The van der Waals surface area contributed by atoms with Crippen LogP contribution in [-0.4, -0.2) is 47.9 Å². The maximum Gasteiger partial charge on any atom is 0.329 e. The second-order valence-electron chi connectivity index (χ2n) is 7.32. The molecule has 1 saturated heterocycles. The molecule has 1 aromatic rings. The second kappa shape index (κ2) is 7.26. The van der Waals surface area contributed by atoms with Crippen molar-refractivity contribution in [1.29, 1.82) is 0 Å². The minimum Gasteiger partial charge on any atom is -0.456 e. The lowest BCUT2D eigenvalue weighted by molar-refractivity contribution is -0.157. The van der Waals surface area contributed by atoms with E-state index >= 15 is 0 Å². The van der Waals surface area contributed by atoms with Crippen LogP contribution in [0.2, 0.25) is 0 Å². The van der Waals surface area contributed by atoms with E-state index in [1.165, 1.54) is 13.0 Å². The highest BCUT2D eigenvalue weighted by molar-refractivity contribution is 6.08. The molecule has 2 amide bonds. The highest BCUT2D eigenvalue weighted by atomic mass is 16.7. The Kier molecular flexibility index (Phi) is 4.78. The summed E-state index contributed by atoms with van der Waals surface area (Å²) in [5.74, 6) is -1.43. The topological polar surface area (TPSA) is 99.2 Å². The normalized spacial score (nSPS) is 24.1. The zero-order chi connectivity index (χ0) is 19.8. The SMILES string of the molecule is CC(C(=O)OCC(=O)c1ccc2c(c1)OCO2)N1C(=O)C2CCCCC2C1=O. The average molecular weight is 387 g/mol. The van der Waals surface area contributed by atoms with Gasteiger partial charge in [-0.25, -0.2) is 4.79 Å². The maximum atomic E-state index is 12.6. The highest BCUT2D eigenvalue weighted by Gasteiger charge is 2.51. The number of ketones is 1. The Morgan fingerprint density at radius 2 is 1.75 bits per heavy atom. The van der Waals surface area contributed by atoms with Gasteiger partial charge in [-0.2, -0.15) is 0 Å². The van der Waals surface area contributed by atoms with Gasteiger partial charge < -0.3 is 14.2 Å². The van der Waals surface area contributed by atoms with E-state index in [1.54, 1.807) is 12.1 Å². The Hall–Kier alpha value is -2.90. The molecule has 0 spiro atoms. The molecule has 2 aliphatic heterocycles. The molecule has 2 heterocycles. The van der Waals surface area contributed by atoms with Gasteiger partial charge >= 0.3 is 5.97 Å². The van der Waals surface area contributed by atoms with Crippen molar-refractivity contribution in [1.82, 2.24) is 4.90 Å². The van der Waals surface area contributed by atoms with Crippen molar-refractivity contribution in [2.45, 2.75) is 38.6 Å². The first-order chi connectivity index (χ1) is 13.5. The van der Waals surface area contributed by atoms with Crippen LogP contribution in [0.25, 0.3) is 0 Å². The fourth-order valence-electron chi connectivity index (χ4n) is 4.09. The smallest absolute Gasteiger partial charge is 0.329 e. The molecule has 0 aromatic heterocycles. The summed E-state index contributed by atoms with van der Waals surface area (Å²) in [6.45, 7) is 1.08. The molecule has 28 heavy (non-hydrogen) atoms. The van der Waals surface area contributed by atoms with Crippen molar-refractivity contribution in [2.75, 3.05) is 13.4 Å². The number of Topliss-reactive ketones (excluding diaryl/α,β-unsaturated/α-hetero) is 1. The third-order valence-electron chi connectivity index (χ3n) is 5.64. The molecule has 4 rings (SSSR count). The van der Waals surface area contributed by atoms with Crippen LogP contribution in [-0.2, 0) is 19.1 Å². The van der Waals surface area contributed by atoms with Crippen LogP contribution in [0, 0.1) is 11.8 Å². The average Bonchev–Trinajstić information content (AvgIpc) is 3.28. The fraction of sp³-hybridized carbons (Fsp3) is 0.500. The van der Waals surface area contributed by atoms with Gasteiger partial charge in [0.05, 0.1) is 11.8 Å². The van der Waals surface area contributed by atoms with Crippen LogP contribution in [0.1, 0.15) is 43.0 Å². The third-order valence-corrected chi connectivity index (χ3v) is 5.64. The Balaban J connectivity index is 1.37. The number of benzene rings is 1. The molecule has 2 fully saturated rings. The summed E-state index contributed by atoms with van der Waals surface area (Å²) < 4.78 is 15.5. The first kappa shape index (κ1) is 18.5. The van der Waals surface area contributed by atoms with Gasteiger partial charge in [-0.15, -0.1) is 0 Å². The van der Waals surface area contributed by atoms with Gasteiger partial charge in [-0.3, -0.25) is 19.3 Å².